The molecule has 1 atom stereocenters. The van der Waals surface area contributed by atoms with E-state index in [1.165, 1.54) is 6.20 Å². The molecule has 5 nitrogen and oxygen atoms in total. The van der Waals surface area contributed by atoms with Crippen LogP contribution >= 0.6 is 0 Å². The molecule has 26 heavy (non-hydrogen) atoms. The molecule has 0 saturated heterocycles. The number of pyridine rings is 1. The van der Waals surface area contributed by atoms with E-state index >= 15 is 0 Å². The van der Waals surface area contributed by atoms with Crippen LogP contribution in [0.25, 0.3) is 0 Å². The quantitative estimate of drug-likeness (QED) is 0.717. The Morgan fingerprint density at radius 2 is 1.69 bits per heavy atom. The van der Waals surface area contributed by atoms with Crippen molar-refractivity contribution in [2.24, 2.45) is 0 Å². The fourth-order valence-electron chi connectivity index (χ4n) is 2.53. The topological polar surface area (TPSA) is 77.8 Å². The van der Waals surface area contributed by atoms with Gasteiger partial charge in [0.25, 0.3) is 0 Å². The number of amides is 1. The summed E-state index contributed by atoms with van der Waals surface area (Å²) >= 11 is 0. The van der Waals surface area contributed by atoms with E-state index in [4.69, 9.17) is 5.26 Å². The highest BCUT2D eigenvalue weighted by Crippen LogP contribution is 2.13. The molecule has 128 valence electrons. The fraction of sp³-hybridized carbons (Fsp3) is 0.0952. The number of carbonyl (C=O) groups is 1. The lowest BCUT2D eigenvalue weighted by atomic mass is 10.0. The van der Waals surface area contributed by atoms with Crippen molar-refractivity contribution in [1.82, 2.24) is 4.98 Å². The third-order valence-corrected chi connectivity index (χ3v) is 3.86. The maximum absolute atomic E-state index is 12.8. The maximum atomic E-state index is 12.8. The van der Waals surface area contributed by atoms with Crippen LogP contribution in [-0.2, 0) is 11.2 Å². The van der Waals surface area contributed by atoms with Gasteiger partial charge in [0.1, 0.15) is 17.9 Å². The van der Waals surface area contributed by atoms with Crippen molar-refractivity contribution in [1.29, 1.82) is 5.26 Å². The molecule has 2 aromatic carbocycles. The van der Waals surface area contributed by atoms with Crippen LogP contribution in [0.3, 0.4) is 0 Å². The monoisotopic (exact) mass is 342 g/mol. The molecule has 2 N–H and O–H groups in total. The summed E-state index contributed by atoms with van der Waals surface area (Å²) in [5, 5.41) is 15.0. The van der Waals surface area contributed by atoms with Crippen molar-refractivity contribution >= 4 is 17.4 Å². The zero-order chi connectivity index (χ0) is 18.2. The summed E-state index contributed by atoms with van der Waals surface area (Å²) in [7, 11) is 0. The largest absolute Gasteiger partial charge is 0.358 e. The molecular weight excluding hydrogens is 324 g/mol. The van der Waals surface area contributed by atoms with Gasteiger partial charge in [-0.2, -0.15) is 5.26 Å². The van der Waals surface area contributed by atoms with Crippen LogP contribution < -0.4 is 10.6 Å². The first-order valence-corrected chi connectivity index (χ1v) is 8.27. The lowest BCUT2D eigenvalue weighted by Gasteiger charge is -2.19. The molecule has 3 aromatic rings. The summed E-state index contributed by atoms with van der Waals surface area (Å²) in [6, 6.07) is 24.0. The van der Waals surface area contributed by atoms with Gasteiger partial charge in [0, 0.05) is 18.3 Å². The fourth-order valence-corrected chi connectivity index (χ4v) is 2.53. The van der Waals surface area contributed by atoms with Crippen LogP contribution in [0.1, 0.15) is 11.1 Å². The predicted octanol–water partition coefficient (Wildman–Crippen LogP) is 3.62. The van der Waals surface area contributed by atoms with Gasteiger partial charge in [0.05, 0.1) is 5.56 Å². The summed E-state index contributed by atoms with van der Waals surface area (Å²) in [6.07, 6.45) is 2.00. The van der Waals surface area contributed by atoms with Crippen molar-refractivity contribution in [3.8, 4) is 6.07 Å². The lowest BCUT2D eigenvalue weighted by molar-refractivity contribution is -0.116. The molecule has 0 aliphatic rings. The highest BCUT2D eigenvalue weighted by Gasteiger charge is 2.19. The lowest BCUT2D eigenvalue weighted by Crippen LogP contribution is -2.36. The van der Waals surface area contributed by atoms with Crippen molar-refractivity contribution in [3.05, 3.63) is 90.1 Å². The number of carbonyl (C=O) groups excluding carboxylic acids is 1. The predicted molar refractivity (Wildman–Crippen MR) is 102 cm³/mol. The van der Waals surface area contributed by atoms with Gasteiger partial charge in [0.2, 0.25) is 5.91 Å². The van der Waals surface area contributed by atoms with Gasteiger partial charge >= 0.3 is 0 Å². The first-order chi connectivity index (χ1) is 12.7. The van der Waals surface area contributed by atoms with E-state index in [-0.39, 0.29) is 5.91 Å². The number of nitriles is 1. The smallest absolute Gasteiger partial charge is 0.247 e. The second-order valence-corrected chi connectivity index (χ2v) is 5.79. The molecule has 0 aliphatic carbocycles. The molecule has 0 spiro atoms. The minimum absolute atomic E-state index is 0.147. The third-order valence-electron chi connectivity index (χ3n) is 3.86. The number of benzene rings is 2. The van der Waals surface area contributed by atoms with Crippen molar-refractivity contribution in [2.45, 2.75) is 12.5 Å². The molecule has 3 rings (SSSR count). The van der Waals surface area contributed by atoms with Gasteiger partial charge in [-0.15, -0.1) is 0 Å². The van der Waals surface area contributed by atoms with E-state index in [1.807, 2.05) is 66.7 Å². The standard InChI is InChI=1S/C21H18N4O/c22-14-17-11-12-20(23-15-17)25-19(13-16-7-3-1-4-8-16)21(26)24-18-9-5-2-6-10-18/h1-12,15,19H,13H2,(H,23,25)(H,24,26)/t19-/m1/s1. The molecule has 0 radical (unpaired) electrons. The Kier molecular flexibility index (Phi) is 5.58. The van der Waals surface area contributed by atoms with Gasteiger partial charge in [-0.1, -0.05) is 48.5 Å². The summed E-state index contributed by atoms with van der Waals surface area (Å²) in [4.78, 5) is 17.0. The molecular formula is C21H18N4O. The minimum atomic E-state index is -0.502. The van der Waals surface area contributed by atoms with E-state index in [0.29, 0.717) is 17.8 Å². The normalized spacial score (nSPS) is 11.2. The van der Waals surface area contributed by atoms with Gasteiger partial charge in [0.15, 0.2) is 0 Å². The number of hydrogen-bond acceptors (Lipinski definition) is 4. The molecule has 1 heterocycles. The number of aromatic nitrogens is 1. The molecule has 0 saturated carbocycles. The molecule has 1 aromatic heterocycles. The van der Waals surface area contributed by atoms with Crippen LogP contribution in [0.15, 0.2) is 79.0 Å². The van der Waals surface area contributed by atoms with Crippen molar-refractivity contribution in [2.75, 3.05) is 10.6 Å². The van der Waals surface area contributed by atoms with Gasteiger partial charge in [-0.3, -0.25) is 4.79 Å². The SMILES string of the molecule is N#Cc1ccc(N[C@H](Cc2ccccc2)C(=O)Nc2ccccc2)nc1. The van der Waals surface area contributed by atoms with Gasteiger partial charge < -0.3 is 10.6 Å². The Morgan fingerprint density at radius 1 is 1.00 bits per heavy atom. The number of anilines is 2. The number of hydrogen-bond donors (Lipinski definition) is 2. The molecule has 0 bridgehead atoms. The van der Waals surface area contributed by atoms with Crippen molar-refractivity contribution < 1.29 is 4.79 Å². The van der Waals surface area contributed by atoms with Crippen LogP contribution in [0.2, 0.25) is 0 Å². The minimum Gasteiger partial charge on any atom is -0.358 e. The second kappa shape index (κ2) is 8.45. The van der Waals surface area contributed by atoms with Crippen LogP contribution in [0.5, 0.6) is 0 Å². The second-order valence-electron chi connectivity index (χ2n) is 5.79. The zero-order valence-corrected chi connectivity index (χ0v) is 14.1. The van der Waals surface area contributed by atoms with E-state index in [2.05, 4.69) is 15.6 Å². The van der Waals surface area contributed by atoms with E-state index in [0.717, 1.165) is 11.3 Å². The number of rotatable bonds is 6. The van der Waals surface area contributed by atoms with E-state index in [1.54, 1.807) is 12.1 Å². The van der Waals surface area contributed by atoms with Crippen LogP contribution in [0, 0.1) is 11.3 Å². The molecule has 5 heteroatoms. The highest BCUT2D eigenvalue weighted by molar-refractivity contribution is 5.96. The highest BCUT2D eigenvalue weighted by atomic mass is 16.2. The number of nitrogens with one attached hydrogen (secondary N) is 2. The number of nitrogens with zero attached hydrogens (tertiary/aromatic N) is 2. The van der Waals surface area contributed by atoms with Crippen molar-refractivity contribution in [3.63, 3.8) is 0 Å². The van der Waals surface area contributed by atoms with Crippen LogP contribution in [0.4, 0.5) is 11.5 Å². The summed E-state index contributed by atoms with van der Waals surface area (Å²) in [5.74, 6) is 0.402. The Labute approximate surface area is 152 Å². The van der Waals surface area contributed by atoms with Gasteiger partial charge in [-0.05, 0) is 29.8 Å². The maximum Gasteiger partial charge on any atom is 0.247 e. The third kappa shape index (κ3) is 4.68. The van der Waals surface area contributed by atoms with E-state index in [9.17, 15) is 4.79 Å². The van der Waals surface area contributed by atoms with Crippen LogP contribution in [-0.4, -0.2) is 16.9 Å². The average molecular weight is 342 g/mol. The zero-order valence-electron chi connectivity index (χ0n) is 14.1. The summed E-state index contributed by atoms with van der Waals surface area (Å²) in [6.45, 7) is 0. The first-order valence-electron chi connectivity index (χ1n) is 8.27. The van der Waals surface area contributed by atoms with Gasteiger partial charge in [-0.25, -0.2) is 4.98 Å². The Balaban J connectivity index is 1.78. The average Bonchev–Trinajstić information content (AvgIpc) is 2.69. The molecule has 0 unspecified atom stereocenters. The summed E-state index contributed by atoms with van der Waals surface area (Å²) < 4.78 is 0. The Hall–Kier alpha value is -3.65. The molecule has 0 aliphatic heterocycles. The molecule has 1 amide bonds. The summed E-state index contributed by atoms with van der Waals surface area (Å²) in [5.41, 5.74) is 2.26. The number of para-hydroxylation sites is 1. The first kappa shape index (κ1) is 17.2. The van der Waals surface area contributed by atoms with E-state index < -0.39 is 6.04 Å². The Bertz CT molecular complexity index is 887. The Morgan fingerprint density at radius 3 is 2.31 bits per heavy atom. The molecule has 0 fully saturated rings.